The number of carbonyl (C=O) groups excluding carboxylic acids is 1. The first kappa shape index (κ1) is 21.7. The van der Waals surface area contributed by atoms with E-state index in [1.807, 2.05) is 12.1 Å². The third-order valence-corrected chi connectivity index (χ3v) is 4.96. The first-order valence-electron chi connectivity index (χ1n) is 10.6. The number of hydrogen-bond donors (Lipinski definition) is 0. The van der Waals surface area contributed by atoms with Crippen molar-refractivity contribution < 1.29 is 4.79 Å². The smallest absolute Gasteiger partial charge is 0.150 e. The fourth-order valence-corrected chi connectivity index (χ4v) is 3.30. The lowest BCUT2D eigenvalue weighted by Crippen LogP contribution is -2.25. The Bertz CT molecular complexity index is 410. The van der Waals surface area contributed by atoms with Gasteiger partial charge < -0.3 is 4.90 Å². The molecule has 1 aromatic carbocycles. The Hall–Kier alpha value is -1.31. The van der Waals surface area contributed by atoms with Crippen LogP contribution in [-0.2, 0) is 0 Å². The van der Waals surface area contributed by atoms with E-state index in [4.69, 9.17) is 0 Å². The Labute approximate surface area is 156 Å². The molecule has 0 saturated heterocycles. The molecular formula is C23H39NO. The molecule has 0 aliphatic carbocycles. The normalized spacial score (nSPS) is 10.8. The van der Waals surface area contributed by atoms with E-state index >= 15 is 0 Å². The zero-order valence-electron chi connectivity index (χ0n) is 16.6. The minimum absolute atomic E-state index is 0.767. The SMILES string of the molecule is CCCCCCCCN(CCCCCCCC)c1ccc(C=O)cc1. The Balaban J connectivity index is 2.41. The van der Waals surface area contributed by atoms with Crippen LogP contribution in [-0.4, -0.2) is 19.4 Å². The van der Waals surface area contributed by atoms with Crippen molar-refractivity contribution in [2.75, 3.05) is 18.0 Å². The van der Waals surface area contributed by atoms with Gasteiger partial charge in [0.1, 0.15) is 6.29 Å². The summed E-state index contributed by atoms with van der Waals surface area (Å²) >= 11 is 0. The highest BCUT2D eigenvalue weighted by Gasteiger charge is 2.06. The Morgan fingerprint density at radius 1 is 0.680 bits per heavy atom. The molecule has 2 heteroatoms. The summed E-state index contributed by atoms with van der Waals surface area (Å²) in [5, 5.41) is 0. The van der Waals surface area contributed by atoms with Crippen LogP contribution < -0.4 is 4.90 Å². The van der Waals surface area contributed by atoms with Gasteiger partial charge in [-0.1, -0.05) is 78.1 Å². The van der Waals surface area contributed by atoms with Crippen LogP contribution in [0.3, 0.4) is 0 Å². The average Bonchev–Trinajstić information content (AvgIpc) is 2.65. The van der Waals surface area contributed by atoms with E-state index in [0.717, 1.165) is 24.9 Å². The lowest BCUT2D eigenvalue weighted by molar-refractivity contribution is 0.112. The predicted molar refractivity (Wildman–Crippen MR) is 111 cm³/mol. The molecule has 0 aliphatic heterocycles. The second kappa shape index (κ2) is 15.0. The van der Waals surface area contributed by atoms with Gasteiger partial charge in [0, 0.05) is 24.3 Å². The van der Waals surface area contributed by atoms with Gasteiger partial charge in [0.15, 0.2) is 0 Å². The summed E-state index contributed by atoms with van der Waals surface area (Å²) in [5.74, 6) is 0. The van der Waals surface area contributed by atoms with Crippen LogP contribution in [0.2, 0.25) is 0 Å². The van der Waals surface area contributed by atoms with Crippen molar-refractivity contribution in [3.05, 3.63) is 29.8 Å². The van der Waals surface area contributed by atoms with E-state index < -0.39 is 0 Å². The number of aldehydes is 1. The van der Waals surface area contributed by atoms with Crippen LogP contribution in [0.4, 0.5) is 5.69 Å². The van der Waals surface area contributed by atoms with Gasteiger partial charge in [-0.25, -0.2) is 0 Å². The summed E-state index contributed by atoms with van der Waals surface area (Å²) < 4.78 is 0. The number of nitrogens with zero attached hydrogens (tertiary/aromatic N) is 1. The van der Waals surface area contributed by atoms with Gasteiger partial charge in [-0.3, -0.25) is 4.79 Å². The number of rotatable bonds is 16. The quantitative estimate of drug-likeness (QED) is 0.237. The molecule has 0 bridgehead atoms. The highest BCUT2D eigenvalue weighted by molar-refractivity contribution is 5.75. The van der Waals surface area contributed by atoms with E-state index in [0.29, 0.717) is 0 Å². The van der Waals surface area contributed by atoms with Crippen LogP contribution in [0.5, 0.6) is 0 Å². The fourth-order valence-electron chi connectivity index (χ4n) is 3.30. The molecule has 0 aliphatic rings. The molecule has 0 N–H and O–H groups in total. The molecule has 1 rings (SSSR count). The van der Waals surface area contributed by atoms with E-state index in [9.17, 15) is 4.79 Å². The summed E-state index contributed by atoms with van der Waals surface area (Å²) in [6.45, 7) is 6.82. The highest BCUT2D eigenvalue weighted by atomic mass is 16.1. The van der Waals surface area contributed by atoms with Crippen LogP contribution in [0.25, 0.3) is 0 Å². The van der Waals surface area contributed by atoms with Gasteiger partial charge in [-0.2, -0.15) is 0 Å². The van der Waals surface area contributed by atoms with Gasteiger partial charge in [0.2, 0.25) is 0 Å². The van der Waals surface area contributed by atoms with Crippen molar-refractivity contribution in [2.24, 2.45) is 0 Å². The largest absolute Gasteiger partial charge is 0.372 e. The van der Waals surface area contributed by atoms with Crippen molar-refractivity contribution in [3.8, 4) is 0 Å². The molecular weight excluding hydrogens is 306 g/mol. The molecule has 1 aromatic rings. The number of carbonyl (C=O) groups is 1. The summed E-state index contributed by atoms with van der Waals surface area (Å²) in [7, 11) is 0. The number of hydrogen-bond acceptors (Lipinski definition) is 2. The van der Waals surface area contributed by atoms with Gasteiger partial charge in [0.05, 0.1) is 0 Å². The third-order valence-electron chi connectivity index (χ3n) is 4.96. The maximum Gasteiger partial charge on any atom is 0.150 e. The Kier molecular flexibility index (Phi) is 13.0. The van der Waals surface area contributed by atoms with Crippen LogP contribution in [0.15, 0.2) is 24.3 Å². The van der Waals surface area contributed by atoms with E-state index in [1.54, 1.807) is 0 Å². The maximum atomic E-state index is 10.9. The molecule has 0 atom stereocenters. The lowest BCUT2D eigenvalue weighted by atomic mass is 10.1. The lowest BCUT2D eigenvalue weighted by Gasteiger charge is -2.25. The second-order valence-electron chi connectivity index (χ2n) is 7.23. The molecule has 0 amide bonds. The van der Waals surface area contributed by atoms with E-state index in [2.05, 4.69) is 30.9 Å². The molecule has 0 unspecified atom stereocenters. The van der Waals surface area contributed by atoms with Gasteiger partial charge >= 0.3 is 0 Å². The number of unbranched alkanes of at least 4 members (excludes halogenated alkanes) is 10. The molecule has 142 valence electrons. The molecule has 0 saturated carbocycles. The van der Waals surface area contributed by atoms with Crippen molar-refractivity contribution in [1.82, 2.24) is 0 Å². The molecule has 0 fully saturated rings. The Morgan fingerprint density at radius 2 is 1.12 bits per heavy atom. The molecule has 25 heavy (non-hydrogen) atoms. The van der Waals surface area contributed by atoms with E-state index in [1.165, 1.54) is 82.7 Å². The van der Waals surface area contributed by atoms with Crippen LogP contribution in [0.1, 0.15) is 101 Å². The first-order valence-corrected chi connectivity index (χ1v) is 10.6. The summed E-state index contributed by atoms with van der Waals surface area (Å²) in [4.78, 5) is 13.4. The number of anilines is 1. The molecule has 2 nitrogen and oxygen atoms in total. The van der Waals surface area contributed by atoms with Crippen LogP contribution in [0, 0.1) is 0 Å². The monoisotopic (exact) mass is 345 g/mol. The minimum atomic E-state index is 0.767. The van der Waals surface area contributed by atoms with Gasteiger partial charge in [0.25, 0.3) is 0 Å². The number of benzene rings is 1. The predicted octanol–water partition coefficient (Wildman–Crippen LogP) is 7.03. The van der Waals surface area contributed by atoms with Gasteiger partial charge in [-0.05, 0) is 37.1 Å². The maximum absolute atomic E-state index is 10.9. The Morgan fingerprint density at radius 3 is 1.56 bits per heavy atom. The first-order chi connectivity index (χ1) is 12.3. The fraction of sp³-hybridized carbons (Fsp3) is 0.696. The standard InChI is InChI=1S/C23H39NO/c1-3-5-7-9-11-13-19-24(20-14-12-10-8-6-4-2)23-17-15-22(21-25)16-18-23/h15-18,21H,3-14,19-20H2,1-2H3. The molecule has 0 spiro atoms. The average molecular weight is 346 g/mol. The summed E-state index contributed by atoms with van der Waals surface area (Å²) in [5.41, 5.74) is 2.04. The van der Waals surface area contributed by atoms with Crippen molar-refractivity contribution in [2.45, 2.75) is 90.9 Å². The highest BCUT2D eigenvalue weighted by Crippen LogP contribution is 2.18. The van der Waals surface area contributed by atoms with Crippen molar-refractivity contribution in [1.29, 1.82) is 0 Å². The minimum Gasteiger partial charge on any atom is -0.372 e. The topological polar surface area (TPSA) is 20.3 Å². The van der Waals surface area contributed by atoms with Crippen molar-refractivity contribution >= 4 is 12.0 Å². The summed E-state index contributed by atoms with van der Waals surface area (Å²) in [6.07, 6.45) is 17.0. The second-order valence-corrected chi connectivity index (χ2v) is 7.23. The zero-order valence-corrected chi connectivity index (χ0v) is 16.6. The summed E-state index contributed by atoms with van der Waals surface area (Å²) in [6, 6.07) is 8.10. The van der Waals surface area contributed by atoms with E-state index in [-0.39, 0.29) is 0 Å². The van der Waals surface area contributed by atoms with Crippen molar-refractivity contribution in [3.63, 3.8) is 0 Å². The van der Waals surface area contributed by atoms with Crippen LogP contribution >= 0.6 is 0 Å². The third kappa shape index (κ3) is 10.3. The molecule has 0 radical (unpaired) electrons. The molecule has 0 heterocycles. The van der Waals surface area contributed by atoms with Gasteiger partial charge in [-0.15, -0.1) is 0 Å². The molecule has 0 aromatic heterocycles. The zero-order chi connectivity index (χ0) is 18.2.